The lowest BCUT2D eigenvalue weighted by molar-refractivity contribution is -0.142. The summed E-state index contributed by atoms with van der Waals surface area (Å²) >= 11 is 0. The summed E-state index contributed by atoms with van der Waals surface area (Å²) in [5.74, 6) is 1.83. The number of aromatic nitrogens is 2. The lowest BCUT2D eigenvalue weighted by Crippen LogP contribution is -2.43. The van der Waals surface area contributed by atoms with Crippen molar-refractivity contribution in [3.8, 4) is 12.3 Å². The van der Waals surface area contributed by atoms with Gasteiger partial charge in [0.1, 0.15) is 6.04 Å². The van der Waals surface area contributed by atoms with E-state index in [9.17, 15) is 9.59 Å². The van der Waals surface area contributed by atoms with E-state index in [1.807, 2.05) is 48.6 Å². The summed E-state index contributed by atoms with van der Waals surface area (Å²) in [6.07, 6.45) is 22.5. The fraction of sp³-hybridized carbons (Fsp3) is 0.192. The van der Waals surface area contributed by atoms with Gasteiger partial charge in [-0.15, -0.1) is 6.42 Å². The fourth-order valence-corrected chi connectivity index (χ4v) is 3.95. The lowest BCUT2D eigenvalue weighted by Gasteiger charge is -2.21. The first-order chi connectivity index (χ1) is 15.6. The second-order valence-corrected chi connectivity index (χ2v) is 7.57. The summed E-state index contributed by atoms with van der Waals surface area (Å²) in [6.45, 7) is 0. The third-order valence-corrected chi connectivity index (χ3v) is 5.54. The van der Waals surface area contributed by atoms with Gasteiger partial charge in [-0.1, -0.05) is 42.4 Å². The maximum atomic E-state index is 13.7. The molecule has 0 bridgehead atoms. The number of nitrogens with zero attached hydrogens (tertiary/aromatic N) is 1. The highest BCUT2D eigenvalue weighted by Gasteiger charge is 2.28. The van der Waals surface area contributed by atoms with Crippen molar-refractivity contribution in [2.24, 2.45) is 0 Å². The number of carbonyl (C=O) groups is 2. The quantitative estimate of drug-likeness (QED) is 0.525. The van der Waals surface area contributed by atoms with Crippen molar-refractivity contribution < 1.29 is 14.3 Å². The zero-order valence-electron chi connectivity index (χ0n) is 17.7. The number of amides is 1. The second-order valence-electron chi connectivity index (χ2n) is 7.57. The van der Waals surface area contributed by atoms with Crippen LogP contribution in [0, 0.1) is 12.3 Å². The van der Waals surface area contributed by atoms with Gasteiger partial charge in [0.05, 0.1) is 19.0 Å². The zero-order valence-corrected chi connectivity index (χ0v) is 17.7. The number of aromatic amines is 1. The first kappa shape index (κ1) is 21.1. The average Bonchev–Trinajstić information content (AvgIpc) is 3.60. The van der Waals surface area contributed by atoms with E-state index in [1.54, 1.807) is 6.20 Å². The molecular formula is C26H23N3O3. The van der Waals surface area contributed by atoms with E-state index in [1.165, 1.54) is 13.4 Å². The fourth-order valence-electron chi connectivity index (χ4n) is 3.95. The highest BCUT2D eigenvalue weighted by Crippen LogP contribution is 2.35. The van der Waals surface area contributed by atoms with E-state index in [0.717, 1.165) is 22.3 Å². The van der Waals surface area contributed by atoms with Gasteiger partial charge in [-0.3, -0.25) is 4.79 Å². The van der Waals surface area contributed by atoms with Crippen LogP contribution in [0.25, 0.3) is 11.1 Å². The van der Waals surface area contributed by atoms with Crippen molar-refractivity contribution >= 4 is 23.0 Å². The molecule has 0 saturated carbocycles. The third-order valence-electron chi connectivity index (χ3n) is 5.54. The molecule has 1 heterocycles. The summed E-state index contributed by atoms with van der Waals surface area (Å²) in [5.41, 5.74) is 5.48. The number of hydrogen-bond acceptors (Lipinski definition) is 4. The molecule has 0 radical (unpaired) electrons. The molecule has 6 heteroatoms. The Morgan fingerprint density at radius 1 is 1.19 bits per heavy atom. The molecule has 1 amide bonds. The molecule has 2 aliphatic rings. The number of hydrogen-bond donors (Lipinski definition) is 2. The molecule has 32 heavy (non-hydrogen) atoms. The number of nitrogens with one attached hydrogen (secondary N) is 2. The largest absolute Gasteiger partial charge is 0.467 e. The minimum Gasteiger partial charge on any atom is -0.467 e. The average molecular weight is 425 g/mol. The maximum absolute atomic E-state index is 13.7. The first-order valence-corrected chi connectivity index (χ1v) is 10.3. The van der Waals surface area contributed by atoms with E-state index >= 15 is 0 Å². The van der Waals surface area contributed by atoms with Crippen molar-refractivity contribution in [3.05, 3.63) is 89.1 Å². The van der Waals surface area contributed by atoms with Crippen molar-refractivity contribution in [2.75, 3.05) is 7.11 Å². The Balaban J connectivity index is 1.77. The third kappa shape index (κ3) is 4.33. The number of terminal acetylenes is 1. The molecule has 0 saturated heterocycles. The van der Waals surface area contributed by atoms with E-state index in [0.29, 0.717) is 29.7 Å². The van der Waals surface area contributed by atoms with Crippen LogP contribution in [0.3, 0.4) is 0 Å². The van der Waals surface area contributed by atoms with Gasteiger partial charge in [-0.25, -0.2) is 9.78 Å². The molecule has 0 aliphatic heterocycles. The molecule has 1 aromatic heterocycles. The molecule has 2 N–H and O–H groups in total. The number of ether oxygens (including phenoxy) is 1. The number of rotatable bonds is 7. The Bertz CT molecular complexity index is 1160. The van der Waals surface area contributed by atoms with E-state index in [2.05, 4.69) is 21.2 Å². The molecule has 2 aromatic rings. The summed E-state index contributed by atoms with van der Waals surface area (Å²) in [7, 11) is 1.30. The van der Waals surface area contributed by atoms with E-state index in [4.69, 9.17) is 11.2 Å². The molecule has 0 spiro atoms. The Kier molecular flexibility index (Phi) is 6.18. The molecule has 160 valence electrons. The molecule has 1 aromatic carbocycles. The van der Waals surface area contributed by atoms with Gasteiger partial charge in [0, 0.05) is 23.9 Å². The van der Waals surface area contributed by atoms with Gasteiger partial charge < -0.3 is 15.0 Å². The van der Waals surface area contributed by atoms with Gasteiger partial charge in [-0.2, -0.15) is 0 Å². The Morgan fingerprint density at radius 2 is 1.84 bits per heavy atom. The summed E-state index contributed by atoms with van der Waals surface area (Å²) in [6, 6.07) is 2.86. The van der Waals surface area contributed by atoms with Crippen LogP contribution in [0.15, 0.2) is 61.1 Å². The maximum Gasteiger partial charge on any atom is 0.328 e. The summed E-state index contributed by atoms with van der Waals surface area (Å²) < 4.78 is 4.94. The number of allylic oxidation sites excluding steroid dienone is 8. The normalized spacial score (nSPS) is 15.1. The highest BCUT2D eigenvalue weighted by atomic mass is 16.5. The minimum atomic E-state index is -0.868. The molecular weight excluding hydrogens is 402 g/mol. The van der Waals surface area contributed by atoms with E-state index < -0.39 is 12.0 Å². The smallest absolute Gasteiger partial charge is 0.328 e. The Labute approximate surface area is 186 Å². The van der Waals surface area contributed by atoms with Crippen LogP contribution < -0.4 is 5.32 Å². The van der Waals surface area contributed by atoms with E-state index in [-0.39, 0.29) is 12.3 Å². The van der Waals surface area contributed by atoms with Crippen LogP contribution >= 0.6 is 0 Å². The molecule has 0 fully saturated rings. The number of imidazole rings is 1. The zero-order chi connectivity index (χ0) is 22.5. The van der Waals surface area contributed by atoms with Gasteiger partial charge in [0.2, 0.25) is 0 Å². The highest BCUT2D eigenvalue weighted by molar-refractivity contribution is 6.06. The first-order valence-electron chi connectivity index (χ1n) is 10.3. The van der Waals surface area contributed by atoms with Crippen LogP contribution in [0.1, 0.15) is 45.6 Å². The molecule has 0 unspecified atom stereocenters. The Morgan fingerprint density at radius 3 is 2.31 bits per heavy atom. The van der Waals surface area contributed by atoms with Crippen LogP contribution in [0.2, 0.25) is 0 Å². The van der Waals surface area contributed by atoms with Gasteiger partial charge in [0.15, 0.2) is 0 Å². The minimum absolute atomic E-state index is 0.236. The second kappa shape index (κ2) is 9.36. The number of methoxy groups -OCH3 is 1. The van der Waals surface area contributed by atoms with Gasteiger partial charge in [-0.05, 0) is 47.2 Å². The predicted molar refractivity (Wildman–Crippen MR) is 123 cm³/mol. The van der Waals surface area contributed by atoms with Crippen molar-refractivity contribution in [1.82, 2.24) is 15.3 Å². The van der Waals surface area contributed by atoms with Crippen molar-refractivity contribution in [3.63, 3.8) is 0 Å². The number of esters is 1. The standard InChI is InChI=1S/C26H23N3O3/c1-3-17-12-21(18-8-4-5-9-18)24(22(13-17)19-10-6-7-11-19)25(30)29-23(26(31)32-2)14-20-15-27-16-28-20/h1,4-8,10,12-13,15-16,23H,9,11,14H2,2H3,(H,27,28)(H,29,30)/t23-/m1/s1. The van der Waals surface area contributed by atoms with Crippen LogP contribution in [-0.2, 0) is 16.0 Å². The number of carbonyl (C=O) groups excluding carboxylic acids is 2. The number of benzene rings is 1. The SMILES string of the molecule is C#Cc1cc(C2=CC=CC2)c(C(=O)N[C@H](Cc2cnc[nH]2)C(=O)OC)c(C2=CC=CC2)c1. The topological polar surface area (TPSA) is 84.1 Å². The molecule has 2 aliphatic carbocycles. The lowest BCUT2D eigenvalue weighted by atomic mass is 9.88. The van der Waals surface area contributed by atoms with Crippen LogP contribution in [0.5, 0.6) is 0 Å². The van der Waals surface area contributed by atoms with Crippen LogP contribution in [-0.4, -0.2) is 35.0 Å². The molecule has 6 nitrogen and oxygen atoms in total. The molecule has 4 rings (SSSR count). The number of H-pyrrole nitrogens is 1. The van der Waals surface area contributed by atoms with Crippen LogP contribution in [0.4, 0.5) is 0 Å². The summed E-state index contributed by atoms with van der Waals surface area (Å²) in [5, 5.41) is 2.88. The summed E-state index contributed by atoms with van der Waals surface area (Å²) in [4.78, 5) is 33.1. The Hall–Kier alpha value is -4.11. The van der Waals surface area contributed by atoms with Crippen molar-refractivity contribution in [1.29, 1.82) is 0 Å². The van der Waals surface area contributed by atoms with Gasteiger partial charge in [0.25, 0.3) is 5.91 Å². The molecule has 1 atom stereocenters. The van der Waals surface area contributed by atoms with Gasteiger partial charge >= 0.3 is 5.97 Å². The monoisotopic (exact) mass is 425 g/mol. The van der Waals surface area contributed by atoms with Crippen molar-refractivity contribution in [2.45, 2.75) is 25.3 Å². The predicted octanol–water partition coefficient (Wildman–Crippen LogP) is 3.59.